The Balaban J connectivity index is 0.00000280. The van der Waals surface area contributed by atoms with Crippen LogP contribution in [0.4, 0.5) is 0 Å². The first kappa shape index (κ1) is 23.9. The topological polar surface area (TPSA) is 40.1 Å². The van der Waals surface area contributed by atoms with Crippen LogP contribution in [0.2, 0.25) is 0 Å². The summed E-state index contributed by atoms with van der Waals surface area (Å²) < 4.78 is 5.48. The Kier molecular flexibility index (Phi) is 10.5. The Morgan fingerprint density at radius 1 is 1.43 bits per heavy atom. The molecular formula is C21H37IN4OS. The Morgan fingerprint density at radius 2 is 2.21 bits per heavy atom. The van der Waals surface area contributed by atoms with Crippen molar-refractivity contribution in [1.29, 1.82) is 0 Å². The van der Waals surface area contributed by atoms with Gasteiger partial charge in [-0.2, -0.15) is 0 Å². The van der Waals surface area contributed by atoms with Crippen molar-refractivity contribution < 1.29 is 4.74 Å². The van der Waals surface area contributed by atoms with E-state index in [2.05, 4.69) is 47.5 Å². The molecule has 2 aliphatic heterocycles. The van der Waals surface area contributed by atoms with Gasteiger partial charge in [-0.1, -0.05) is 0 Å². The lowest BCUT2D eigenvalue weighted by Crippen LogP contribution is -2.42. The van der Waals surface area contributed by atoms with Crippen LogP contribution in [0.5, 0.6) is 0 Å². The fourth-order valence-corrected chi connectivity index (χ4v) is 4.86. The summed E-state index contributed by atoms with van der Waals surface area (Å²) in [6.45, 7) is 11.4. The van der Waals surface area contributed by atoms with Gasteiger partial charge in [-0.3, -0.25) is 9.89 Å². The van der Waals surface area contributed by atoms with Gasteiger partial charge >= 0.3 is 0 Å². The number of hydrogen-bond acceptors (Lipinski definition) is 4. The quantitative estimate of drug-likeness (QED) is 0.337. The van der Waals surface area contributed by atoms with Gasteiger partial charge in [0, 0.05) is 57.4 Å². The summed E-state index contributed by atoms with van der Waals surface area (Å²) >= 11 is 1.91. The van der Waals surface area contributed by atoms with Crippen LogP contribution in [0.15, 0.2) is 16.4 Å². The Hall–Kier alpha value is -0.380. The van der Waals surface area contributed by atoms with E-state index in [1.807, 2.05) is 11.3 Å². The molecule has 1 unspecified atom stereocenters. The number of nitrogens with zero attached hydrogens (tertiary/aromatic N) is 3. The normalized spacial score (nSPS) is 19.6. The molecule has 3 heterocycles. The number of fused-ring (bicyclic) bond motifs is 1. The molecule has 5 nitrogen and oxygen atoms in total. The monoisotopic (exact) mass is 520 g/mol. The third-order valence-corrected chi connectivity index (χ3v) is 6.90. The summed E-state index contributed by atoms with van der Waals surface area (Å²) in [5.74, 6) is 1.85. The lowest BCUT2D eigenvalue weighted by Gasteiger charge is -2.32. The molecule has 0 spiro atoms. The van der Waals surface area contributed by atoms with Crippen molar-refractivity contribution in [3.05, 3.63) is 21.9 Å². The van der Waals surface area contributed by atoms with Crippen LogP contribution in [-0.4, -0.2) is 68.2 Å². The van der Waals surface area contributed by atoms with Gasteiger partial charge in [0.2, 0.25) is 0 Å². The smallest absolute Gasteiger partial charge is 0.193 e. The maximum atomic E-state index is 5.48. The average Bonchev–Trinajstić information content (AvgIpc) is 3.17. The fraction of sp³-hybridized carbons (Fsp3) is 0.762. The van der Waals surface area contributed by atoms with Crippen LogP contribution in [0.1, 0.15) is 43.6 Å². The van der Waals surface area contributed by atoms with E-state index >= 15 is 0 Å². The molecule has 28 heavy (non-hydrogen) atoms. The van der Waals surface area contributed by atoms with Crippen LogP contribution in [0, 0.1) is 5.92 Å². The minimum atomic E-state index is 0. The largest absolute Gasteiger partial charge is 0.381 e. The molecule has 0 aromatic carbocycles. The van der Waals surface area contributed by atoms with Crippen LogP contribution in [0.3, 0.4) is 0 Å². The molecule has 1 aromatic heterocycles. The molecule has 0 saturated carbocycles. The molecule has 1 atom stereocenters. The van der Waals surface area contributed by atoms with Gasteiger partial charge in [0.15, 0.2) is 5.96 Å². The van der Waals surface area contributed by atoms with E-state index in [-0.39, 0.29) is 24.0 Å². The highest BCUT2D eigenvalue weighted by atomic mass is 127. The third kappa shape index (κ3) is 6.85. The zero-order chi connectivity index (χ0) is 19.1. The second-order valence-electron chi connectivity index (χ2n) is 7.90. The van der Waals surface area contributed by atoms with E-state index in [1.54, 1.807) is 4.88 Å². The highest BCUT2D eigenvalue weighted by molar-refractivity contribution is 14.0. The number of thiophene rings is 1. The Labute approximate surface area is 191 Å². The number of halogens is 1. The van der Waals surface area contributed by atoms with Crippen molar-refractivity contribution in [1.82, 2.24) is 15.1 Å². The van der Waals surface area contributed by atoms with Gasteiger partial charge < -0.3 is 15.0 Å². The second kappa shape index (κ2) is 12.3. The van der Waals surface area contributed by atoms with Crippen molar-refractivity contribution in [2.24, 2.45) is 10.9 Å². The van der Waals surface area contributed by atoms with E-state index in [4.69, 9.17) is 9.73 Å². The van der Waals surface area contributed by atoms with Crippen molar-refractivity contribution in [3.63, 3.8) is 0 Å². The predicted octanol–water partition coefficient (Wildman–Crippen LogP) is 3.83. The molecule has 0 aliphatic carbocycles. The van der Waals surface area contributed by atoms with Crippen molar-refractivity contribution in [2.75, 3.05) is 46.4 Å². The number of nitrogens with one attached hydrogen (secondary N) is 1. The summed E-state index contributed by atoms with van der Waals surface area (Å²) in [5.41, 5.74) is 1.52. The van der Waals surface area contributed by atoms with Gasteiger partial charge in [0.1, 0.15) is 0 Å². The van der Waals surface area contributed by atoms with Gasteiger partial charge in [-0.05, 0) is 62.5 Å². The summed E-state index contributed by atoms with van der Waals surface area (Å²) in [6.07, 6.45) is 4.83. The van der Waals surface area contributed by atoms with Gasteiger partial charge in [0.05, 0.1) is 6.54 Å². The summed E-state index contributed by atoms with van der Waals surface area (Å²) in [7, 11) is 2.17. The number of rotatable bonds is 7. The number of hydrogen-bond donors (Lipinski definition) is 1. The molecular weight excluding hydrogens is 483 g/mol. The minimum Gasteiger partial charge on any atom is -0.381 e. The van der Waals surface area contributed by atoms with Crippen LogP contribution in [0.25, 0.3) is 0 Å². The summed E-state index contributed by atoms with van der Waals surface area (Å²) in [5, 5.41) is 5.70. The highest BCUT2D eigenvalue weighted by Gasteiger charge is 2.21. The van der Waals surface area contributed by atoms with E-state index in [0.29, 0.717) is 6.04 Å². The molecule has 0 amide bonds. The maximum Gasteiger partial charge on any atom is 0.193 e. The first-order valence-corrected chi connectivity index (χ1v) is 11.4. The van der Waals surface area contributed by atoms with E-state index in [1.165, 1.54) is 31.2 Å². The van der Waals surface area contributed by atoms with E-state index < -0.39 is 0 Å². The molecule has 2 aliphatic rings. The number of ether oxygens (including phenoxy) is 1. The predicted molar refractivity (Wildman–Crippen MR) is 130 cm³/mol. The minimum absolute atomic E-state index is 0. The Morgan fingerprint density at radius 3 is 2.96 bits per heavy atom. The van der Waals surface area contributed by atoms with Gasteiger partial charge in [-0.15, -0.1) is 35.3 Å². The SMILES string of the molecule is CCNC(=NCC(C)N1CCc2sccc2C1)N(C)CCC1CCOCC1.I. The average molecular weight is 521 g/mol. The van der Waals surface area contributed by atoms with E-state index in [9.17, 15) is 0 Å². The molecule has 1 aromatic rings. The molecule has 0 radical (unpaired) electrons. The van der Waals surface area contributed by atoms with Crippen molar-refractivity contribution in [3.8, 4) is 0 Å². The zero-order valence-corrected chi connectivity index (χ0v) is 20.8. The molecule has 160 valence electrons. The first-order valence-electron chi connectivity index (χ1n) is 10.5. The van der Waals surface area contributed by atoms with Crippen LogP contribution < -0.4 is 5.32 Å². The van der Waals surface area contributed by atoms with Crippen molar-refractivity contribution >= 4 is 41.3 Å². The molecule has 0 bridgehead atoms. The summed E-state index contributed by atoms with van der Waals surface area (Å²) in [4.78, 5) is 11.4. The highest BCUT2D eigenvalue weighted by Crippen LogP contribution is 2.25. The third-order valence-electron chi connectivity index (χ3n) is 5.88. The van der Waals surface area contributed by atoms with Gasteiger partial charge in [-0.25, -0.2) is 0 Å². The van der Waals surface area contributed by atoms with Crippen LogP contribution in [-0.2, 0) is 17.7 Å². The van der Waals surface area contributed by atoms with E-state index in [0.717, 1.165) is 57.8 Å². The summed E-state index contributed by atoms with van der Waals surface area (Å²) in [6, 6.07) is 2.76. The Bertz CT molecular complexity index is 603. The lowest BCUT2D eigenvalue weighted by molar-refractivity contribution is 0.0625. The molecule has 1 N–H and O–H groups in total. The lowest BCUT2D eigenvalue weighted by atomic mass is 9.96. The van der Waals surface area contributed by atoms with Crippen LogP contribution >= 0.6 is 35.3 Å². The zero-order valence-electron chi connectivity index (χ0n) is 17.7. The molecule has 1 fully saturated rings. The molecule has 7 heteroatoms. The molecule has 1 saturated heterocycles. The maximum absolute atomic E-state index is 5.48. The van der Waals surface area contributed by atoms with Gasteiger partial charge in [0.25, 0.3) is 0 Å². The van der Waals surface area contributed by atoms with Crippen molar-refractivity contribution in [2.45, 2.75) is 52.1 Å². The standard InChI is InChI=1S/C21H36N4OS.HI/c1-4-22-21(24(3)10-5-18-7-12-26-13-8-18)23-15-17(2)25-11-6-20-19(16-25)9-14-27-20;/h9,14,17-18H,4-8,10-13,15-16H2,1-3H3,(H,22,23);1H. The number of guanidine groups is 1. The fourth-order valence-electron chi connectivity index (χ4n) is 3.97. The second-order valence-corrected chi connectivity index (χ2v) is 8.90. The number of aliphatic imine (C=N–C) groups is 1. The first-order chi connectivity index (χ1) is 13.2. The molecule has 3 rings (SSSR count).